The highest BCUT2D eigenvalue weighted by Gasteiger charge is 2.43. The van der Waals surface area contributed by atoms with Crippen molar-refractivity contribution < 1.29 is 9.53 Å². The van der Waals surface area contributed by atoms with Gasteiger partial charge in [-0.2, -0.15) is 0 Å². The molecule has 1 aromatic carbocycles. The summed E-state index contributed by atoms with van der Waals surface area (Å²) < 4.78 is 5.51. The van der Waals surface area contributed by atoms with Gasteiger partial charge in [-0.15, -0.1) is 0 Å². The number of likely N-dealkylation sites (N-methyl/N-ethyl adjacent to an activating group) is 1. The van der Waals surface area contributed by atoms with Crippen LogP contribution in [0.3, 0.4) is 0 Å². The summed E-state index contributed by atoms with van der Waals surface area (Å²) in [4.78, 5) is 15.1. The molecule has 2 rings (SSSR count). The smallest absolute Gasteiger partial charge is 0.233 e. The fourth-order valence-corrected chi connectivity index (χ4v) is 3.47. The first-order valence-electron chi connectivity index (χ1n) is 8.72. The lowest BCUT2D eigenvalue weighted by Gasteiger charge is -2.39. The van der Waals surface area contributed by atoms with E-state index in [0.717, 1.165) is 12.0 Å². The Hall–Kier alpha value is -1.10. The molecule has 1 fully saturated rings. The Morgan fingerprint density at radius 2 is 2.04 bits per heavy atom. The van der Waals surface area contributed by atoms with Gasteiger partial charge in [-0.1, -0.05) is 37.6 Å². The first-order chi connectivity index (χ1) is 11.4. The van der Waals surface area contributed by atoms with Crippen LogP contribution in [0.15, 0.2) is 24.3 Å². The zero-order valence-electron chi connectivity index (χ0n) is 14.9. The minimum Gasteiger partial charge on any atom is -0.381 e. The average Bonchev–Trinajstić information content (AvgIpc) is 2.59. The molecule has 134 valence electrons. The Bertz CT molecular complexity index is 556. The van der Waals surface area contributed by atoms with Gasteiger partial charge >= 0.3 is 0 Å². The summed E-state index contributed by atoms with van der Waals surface area (Å²) in [7, 11) is 1.87. The van der Waals surface area contributed by atoms with Gasteiger partial charge < -0.3 is 15.4 Å². The summed E-state index contributed by atoms with van der Waals surface area (Å²) in [5.41, 5.74) is 6.58. The van der Waals surface area contributed by atoms with Gasteiger partial charge in [0.15, 0.2) is 0 Å². The number of amides is 1. The highest BCUT2D eigenvalue weighted by molar-refractivity contribution is 6.30. The zero-order valence-corrected chi connectivity index (χ0v) is 15.7. The molecule has 0 saturated carbocycles. The summed E-state index contributed by atoms with van der Waals surface area (Å²) in [5.74, 6) is 0.558. The summed E-state index contributed by atoms with van der Waals surface area (Å²) in [6.07, 6.45) is 2.18. The molecule has 0 bridgehead atoms. The molecule has 1 heterocycles. The van der Waals surface area contributed by atoms with Crippen molar-refractivity contribution in [2.45, 2.75) is 44.6 Å². The van der Waals surface area contributed by atoms with Crippen molar-refractivity contribution in [3.8, 4) is 0 Å². The molecule has 1 aliphatic rings. The largest absolute Gasteiger partial charge is 0.381 e. The van der Waals surface area contributed by atoms with Crippen molar-refractivity contribution in [2.24, 2.45) is 11.7 Å². The molecular weight excluding hydrogens is 324 g/mol. The van der Waals surface area contributed by atoms with E-state index < -0.39 is 5.41 Å². The molecule has 1 aliphatic heterocycles. The maximum absolute atomic E-state index is 13.3. The van der Waals surface area contributed by atoms with Gasteiger partial charge in [0.1, 0.15) is 0 Å². The van der Waals surface area contributed by atoms with E-state index in [4.69, 9.17) is 22.1 Å². The van der Waals surface area contributed by atoms with Gasteiger partial charge in [0.25, 0.3) is 0 Å². The fraction of sp³-hybridized carbons (Fsp3) is 0.632. The van der Waals surface area contributed by atoms with E-state index in [1.165, 1.54) is 0 Å². The first-order valence-corrected chi connectivity index (χ1v) is 9.09. The maximum atomic E-state index is 13.3. The SMILES string of the molecule is CC(C)C(N)CCN(C)C(=O)C1(c2cccc(Cl)c2)CCOCC1. The fourth-order valence-electron chi connectivity index (χ4n) is 3.27. The number of hydrogen-bond donors (Lipinski definition) is 1. The van der Waals surface area contributed by atoms with Crippen molar-refractivity contribution in [3.05, 3.63) is 34.9 Å². The molecule has 0 aromatic heterocycles. The Morgan fingerprint density at radius 1 is 1.38 bits per heavy atom. The lowest BCUT2D eigenvalue weighted by molar-refractivity contribution is -0.140. The second kappa shape index (κ2) is 8.32. The highest BCUT2D eigenvalue weighted by atomic mass is 35.5. The number of nitrogens with two attached hydrogens (primary N) is 1. The van der Waals surface area contributed by atoms with E-state index in [1.807, 2.05) is 36.2 Å². The van der Waals surface area contributed by atoms with Crippen LogP contribution in [0.25, 0.3) is 0 Å². The van der Waals surface area contributed by atoms with Gasteiger partial charge in [-0.3, -0.25) is 4.79 Å². The zero-order chi connectivity index (χ0) is 17.7. The van der Waals surface area contributed by atoms with Gasteiger partial charge in [-0.25, -0.2) is 0 Å². The molecule has 24 heavy (non-hydrogen) atoms. The number of hydrogen-bond acceptors (Lipinski definition) is 3. The second-order valence-corrected chi connectivity index (χ2v) is 7.56. The molecule has 1 aromatic rings. The molecule has 4 nitrogen and oxygen atoms in total. The average molecular weight is 353 g/mol. The number of rotatable bonds is 6. The third-order valence-electron chi connectivity index (χ3n) is 5.13. The van der Waals surface area contributed by atoms with Crippen LogP contribution in [0.5, 0.6) is 0 Å². The third kappa shape index (κ3) is 4.29. The Kier molecular flexibility index (Phi) is 6.67. The monoisotopic (exact) mass is 352 g/mol. The predicted octanol–water partition coefficient (Wildman–Crippen LogP) is 3.22. The molecule has 2 N–H and O–H groups in total. The summed E-state index contributed by atoms with van der Waals surface area (Å²) >= 11 is 6.18. The van der Waals surface area contributed by atoms with Crippen molar-refractivity contribution >= 4 is 17.5 Å². The van der Waals surface area contributed by atoms with Gasteiger partial charge in [-0.05, 0) is 42.9 Å². The van der Waals surface area contributed by atoms with Crippen molar-refractivity contribution in [1.82, 2.24) is 4.90 Å². The molecule has 1 unspecified atom stereocenters. The van der Waals surface area contributed by atoms with E-state index >= 15 is 0 Å². The molecule has 1 amide bonds. The highest BCUT2D eigenvalue weighted by Crippen LogP contribution is 2.37. The van der Waals surface area contributed by atoms with Crippen molar-refractivity contribution in [2.75, 3.05) is 26.8 Å². The number of halogens is 1. The van der Waals surface area contributed by atoms with Crippen molar-refractivity contribution in [3.63, 3.8) is 0 Å². The maximum Gasteiger partial charge on any atom is 0.233 e. The third-order valence-corrected chi connectivity index (χ3v) is 5.37. The molecule has 0 spiro atoms. The molecule has 0 radical (unpaired) electrons. The minimum absolute atomic E-state index is 0.108. The summed E-state index contributed by atoms with van der Waals surface area (Å²) in [5, 5.41) is 0.663. The Balaban J connectivity index is 2.19. The lowest BCUT2D eigenvalue weighted by atomic mass is 9.73. The molecule has 0 aliphatic carbocycles. The van der Waals surface area contributed by atoms with Crippen molar-refractivity contribution in [1.29, 1.82) is 0 Å². The topological polar surface area (TPSA) is 55.6 Å². The summed E-state index contributed by atoms with van der Waals surface area (Å²) in [6.45, 7) is 6.08. The minimum atomic E-state index is -0.542. The van der Waals surface area contributed by atoms with Crippen LogP contribution in [-0.4, -0.2) is 43.7 Å². The second-order valence-electron chi connectivity index (χ2n) is 7.13. The predicted molar refractivity (Wildman–Crippen MR) is 98.3 cm³/mol. The number of carbonyl (C=O) groups excluding carboxylic acids is 1. The van der Waals surface area contributed by atoms with E-state index in [9.17, 15) is 4.79 Å². The van der Waals surface area contributed by atoms with Crippen LogP contribution in [-0.2, 0) is 14.9 Å². The van der Waals surface area contributed by atoms with Crippen LogP contribution in [0.2, 0.25) is 5.02 Å². The standard InChI is InChI=1S/C19H29ClN2O2/c1-14(2)17(21)7-10-22(3)18(23)19(8-11-24-12-9-19)15-5-4-6-16(20)13-15/h4-6,13-14,17H,7-12,21H2,1-3H3. The van der Waals surface area contributed by atoms with Crippen LogP contribution >= 0.6 is 11.6 Å². The van der Waals surface area contributed by atoms with Gasteiger partial charge in [0.05, 0.1) is 5.41 Å². The number of nitrogens with zero attached hydrogens (tertiary/aromatic N) is 1. The van der Waals surface area contributed by atoms with E-state index in [2.05, 4.69) is 13.8 Å². The molecular formula is C19H29ClN2O2. The first kappa shape index (κ1) is 19.2. The van der Waals surface area contributed by atoms with Crippen LogP contribution < -0.4 is 5.73 Å². The van der Waals surface area contributed by atoms with Crippen LogP contribution in [0.4, 0.5) is 0 Å². The molecule has 5 heteroatoms. The normalized spacial score (nSPS) is 18.4. The van der Waals surface area contributed by atoms with Gasteiger partial charge in [0, 0.05) is 37.9 Å². The number of carbonyl (C=O) groups is 1. The van der Waals surface area contributed by atoms with Crippen LogP contribution in [0, 0.1) is 5.92 Å². The number of benzene rings is 1. The van der Waals surface area contributed by atoms with Crippen LogP contribution in [0.1, 0.15) is 38.7 Å². The Labute approximate surface area is 150 Å². The quantitative estimate of drug-likeness (QED) is 0.855. The Morgan fingerprint density at radius 3 is 2.62 bits per heavy atom. The van der Waals surface area contributed by atoms with Gasteiger partial charge in [0.2, 0.25) is 5.91 Å². The molecule has 1 saturated heterocycles. The van der Waals surface area contributed by atoms with E-state index in [-0.39, 0.29) is 11.9 Å². The lowest BCUT2D eigenvalue weighted by Crippen LogP contribution is -2.49. The number of ether oxygens (including phenoxy) is 1. The van der Waals surface area contributed by atoms with E-state index in [0.29, 0.717) is 43.5 Å². The van der Waals surface area contributed by atoms with E-state index in [1.54, 1.807) is 0 Å². The molecule has 1 atom stereocenters. The summed E-state index contributed by atoms with van der Waals surface area (Å²) in [6, 6.07) is 7.78.